The van der Waals surface area contributed by atoms with Gasteiger partial charge in [-0.3, -0.25) is 19.8 Å². The number of amides is 4. The molecule has 4 atom stereocenters. The summed E-state index contributed by atoms with van der Waals surface area (Å²) in [5.41, 5.74) is -1.03. The Labute approximate surface area is 185 Å². The van der Waals surface area contributed by atoms with E-state index in [-0.39, 0.29) is 30.8 Å². The topological polar surface area (TPSA) is 111 Å². The van der Waals surface area contributed by atoms with E-state index in [1.165, 1.54) is 24.3 Å². The molecule has 1 aliphatic carbocycles. The van der Waals surface area contributed by atoms with Crippen LogP contribution in [0.25, 0.3) is 0 Å². The molecule has 32 heavy (non-hydrogen) atoms. The van der Waals surface area contributed by atoms with Gasteiger partial charge in [0.2, 0.25) is 5.91 Å². The van der Waals surface area contributed by atoms with E-state index in [0.717, 1.165) is 19.5 Å². The molecule has 3 N–H and O–H groups in total. The molecule has 3 fully saturated rings. The number of hydrogen-bond acceptors (Lipinski definition) is 6. The summed E-state index contributed by atoms with van der Waals surface area (Å²) in [5, 5.41) is 15.7. The maximum atomic E-state index is 13.4. The molecule has 3 aliphatic rings. The molecule has 4 amide bonds. The lowest BCUT2D eigenvalue weighted by Gasteiger charge is -2.36. The Morgan fingerprint density at radius 3 is 2.56 bits per heavy atom. The van der Waals surface area contributed by atoms with Crippen molar-refractivity contribution in [1.29, 1.82) is 0 Å². The van der Waals surface area contributed by atoms with E-state index in [2.05, 4.69) is 15.5 Å². The SMILES string of the molecule is CN(C(=O)CC[C@@]1(c2ccc(F)cc2)NC(=O)NC1=O)[C@@H]1CC[C@@H](N2CCOCC2)[C@@H]1O. The molecule has 174 valence electrons. The predicted octanol–water partition coefficient (Wildman–Crippen LogP) is 0.323. The van der Waals surface area contributed by atoms with Crippen LogP contribution in [0, 0.1) is 5.82 Å². The lowest BCUT2D eigenvalue weighted by molar-refractivity contribution is -0.135. The third-order valence-electron chi connectivity index (χ3n) is 6.94. The molecular weight excluding hydrogens is 419 g/mol. The largest absolute Gasteiger partial charge is 0.389 e. The number of likely N-dealkylation sites (N-methyl/N-ethyl adjacent to an activating group) is 1. The van der Waals surface area contributed by atoms with Crippen molar-refractivity contribution in [2.45, 2.75) is 49.4 Å². The van der Waals surface area contributed by atoms with E-state index in [4.69, 9.17) is 4.74 Å². The van der Waals surface area contributed by atoms with E-state index in [0.29, 0.717) is 25.2 Å². The lowest BCUT2D eigenvalue weighted by atomic mass is 9.85. The van der Waals surface area contributed by atoms with Gasteiger partial charge < -0.3 is 20.1 Å². The van der Waals surface area contributed by atoms with Gasteiger partial charge >= 0.3 is 6.03 Å². The van der Waals surface area contributed by atoms with E-state index in [9.17, 15) is 23.9 Å². The van der Waals surface area contributed by atoms with Crippen molar-refractivity contribution in [1.82, 2.24) is 20.4 Å². The van der Waals surface area contributed by atoms with Gasteiger partial charge in [0.1, 0.15) is 11.4 Å². The quantitative estimate of drug-likeness (QED) is 0.541. The first-order chi connectivity index (χ1) is 15.3. The van der Waals surface area contributed by atoms with Gasteiger partial charge in [-0.1, -0.05) is 12.1 Å². The maximum absolute atomic E-state index is 13.4. The smallest absolute Gasteiger partial charge is 0.322 e. The van der Waals surface area contributed by atoms with Crippen LogP contribution in [0.3, 0.4) is 0 Å². The third-order valence-corrected chi connectivity index (χ3v) is 6.94. The Morgan fingerprint density at radius 1 is 1.25 bits per heavy atom. The van der Waals surface area contributed by atoms with Gasteiger partial charge in [-0.25, -0.2) is 9.18 Å². The van der Waals surface area contributed by atoms with Crippen LogP contribution < -0.4 is 10.6 Å². The Balaban J connectivity index is 1.42. The molecule has 0 unspecified atom stereocenters. The van der Waals surface area contributed by atoms with Crippen LogP contribution in [-0.2, 0) is 19.9 Å². The van der Waals surface area contributed by atoms with Gasteiger partial charge in [0.25, 0.3) is 5.91 Å². The van der Waals surface area contributed by atoms with Gasteiger partial charge in [-0.15, -0.1) is 0 Å². The number of aliphatic hydroxyl groups is 1. The summed E-state index contributed by atoms with van der Waals surface area (Å²) >= 11 is 0. The fourth-order valence-corrected chi connectivity index (χ4v) is 5.08. The standard InChI is InChI=1S/C22H29FN4O5/c1-26(16-6-7-17(19(16)29)27-10-12-32-13-11-27)18(28)8-9-22(20(30)24-21(31)25-22)14-2-4-15(23)5-3-14/h2-5,16-17,19,29H,6-13H2,1H3,(H2,24,25,30,31)/t16-,17-,19-,22+/m1/s1. The highest BCUT2D eigenvalue weighted by atomic mass is 19.1. The number of aliphatic hydroxyl groups excluding tert-OH is 1. The fraction of sp³-hybridized carbons (Fsp3) is 0.591. The molecule has 2 saturated heterocycles. The second-order valence-corrected chi connectivity index (χ2v) is 8.68. The number of benzene rings is 1. The van der Waals surface area contributed by atoms with Crippen molar-refractivity contribution < 1.29 is 28.6 Å². The number of ether oxygens (including phenoxy) is 1. The minimum Gasteiger partial charge on any atom is -0.389 e. The average molecular weight is 448 g/mol. The highest BCUT2D eigenvalue weighted by Crippen LogP contribution is 2.32. The maximum Gasteiger partial charge on any atom is 0.322 e. The van der Waals surface area contributed by atoms with Crippen LogP contribution in [0.15, 0.2) is 24.3 Å². The summed E-state index contributed by atoms with van der Waals surface area (Å²) in [5.74, 6) is -1.26. The summed E-state index contributed by atoms with van der Waals surface area (Å²) < 4.78 is 18.8. The molecule has 0 radical (unpaired) electrons. The number of carbonyl (C=O) groups is 3. The normalized spacial score (nSPS) is 30.8. The highest BCUT2D eigenvalue weighted by molar-refractivity contribution is 6.07. The van der Waals surface area contributed by atoms with Crippen LogP contribution in [0.2, 0.25) is 0 Å². The Bertz CT molecular complexity index is 876. The minimum absolute atomic E-state index is 0.00962. The van der Waals surface area contributed by atoms with Crippen molar-refractivity contribution in [2.75, 3.05) is 33.4 Å². The van der Waals surface area contributed by atoms with E-state index in [1.54, 1.807) is 11.9 Å². The van der Waals surface area contributed by atoms with Crippen LogP contribution in [-0.4, -0.2) is 84.3 Å². The van der Waals surface area contributed by atoms with Gasteiger partial charge in [-0.05, 0) is 37.0 Å². The zero-order valence-electron chi connectivity index (χ0n) is 18.1. The first-order valence-corrected chi connectivity index (χ1v) is 11.0. The van der Waals surface area contributed by atoms with Crippen LogP contribution in [0.1, 0.15) is 31.2 Å². The second kappa shape index (κ2) is 9.13. The van der Waals surface area contributed by atoms with Crippen LogP contribution in [0.5, 0.6) is 0 Å². The molecule has 2 aliphatic heterocycles. The Morgan fingerprint density at radius 2 is 1.94 bits per heavy atom. The number of urea groups is 1. The molecular formula is C22H29FN4O5. The van der Waals surface area contributed by atoms with Gasteiger partial charge in [-0.2, -0.15) is 0 Å². The number of morpholine rings is 1. The van der Waals surface area contributed by atoms with Crippen molar-refractivity contribution >= 4 is 17.8 Å². The number of imide groups is 1. The monoisotopic (exact) mass is 448 g/mol. The van der Waals surface area contributed by atoms with E-state index >= 15 is 0 Å². The van der Waals surface area contributed by atoms with Gasteiger partial charge in [0, 0.05) is 32.6 Å². The predicted molar refractivity (Wildman–Crippen MR) is 112 cm³/mol. The lowest BCUT2D eigenvalue weighted by Crippen LogP contribution is -2.52. The molecule has 10 heteroatoms. The van der Waals surface area contributed by atoms with Crippen LogP contribution >= 0.6 is 0 Å². The van der Waals surface area contributed by atoms with E-state index in [1.807, 2.05) is 0 Å². The first kappa shape index (κ1) is 22.6. The molecule has 1 aromatic rings. The van der Waals surface area contributed by atoms with Crippen molar-refractivity contribution in [3.8, 4) is 0 Å². The molecule has 1 saturated carbocycles. The van der Waals surface area contributed by atoms with Crippen molar-refractivity contribution in [3.63, 3.8) is 0 Å². The zero-order valence-corrected chi connectivity index (χ0v) is 18.1. The van der Waals surface area contributed by atoms with E-state index < -0.39 is 29.4 Å². The molecule has 4 rings (SSSR count). The summed E-state index contributed by atoms with van der Waals surface area (Å²) in [6.45, 7) is 2.81. The number of nitrogens with one attached hydrogen (secondary N) is 2. The second-order valence-electron chi connectivity index (χ2n) is 8.68. The summed E-state index contributed by atoms with van der Waals surface area (Å²) in [6.07, 6.45) is 0.817. The first-order valence-electron chi connectivity index (χ1n) is 11.0. The molecule has 2 heterocycles. The molecule has 1 aromatic carbocycles. The number of rotatable bonds is 6. The number of carbonyl (C=O) groups excluding carboxylic acids is 3. The Kier molecular flexibility index (Phi) is 6.45. The number of nitrogens with zero attached hydrogens (tertiary/aromatic N) is 2. The number of hydrogen-bond donors (Lipinski definition) is 3. The van der Waals surface area contributed by atoms with Gasteiger partial charge in [0.05, 0.1) is 25.4 Å². The summed E-state index contributed by atoms with van der Waals surface area (Å²) in [6, 6.07) is 4.31. The number of halogens is 1. The molecule has 0 bridgehead atoms. The zero-order chi connectivity index (χ0) is 22.9. The van der Waals surface area contributed by atoms with Gasteiger partial charge in [0.15, 0.2) is 0 Å². The van der Waals surface area contributed by atoms with Crippen LogP contribution in [0.4, 0.5) is 9.18 Å². The molecule has 9 nitrogen and oxygen atoms in total. The highest BCUT2D eigenvalue weighted by Gasteiger charge is 2.48. The Hall–Kier alpha value is -2.56. The van der Waals surface area contributed by atoms with Crippen molar-refractivity contribution in [2.24, 2.45) is 0 Å². The summed E-state index contributed by atoms with van der Waals surface area (Å²) in [7, 11) is 1.66. The molecule has 0 spiro atoms. The molecule has 0 aromatic heterocycles. The van der Waals surface area contributed by atoms with Crippen molar-refractivity contribution in [3.05, 3.63) is 35.6 Å². The minimum atomic E-state index is -1.44. The fourth-order valence-electron chi connectivity index (χ4n) is 5.08. The third kappa shape index (κ3) is 4.22. The summed E-state index contributed by atoms with van der Waals surface area (Å²) in [4.78, 5) is 41.3. The average Bonchev–Trinajstić information content (AvgIpc) is 3.31.